The first-order valence-electron chi connectivity index (χ1n) is 18.5. The molecule has 10 rings (SSSR count). The van der Waals surface area contributed by atoms with Gasteiger partial charge in [0, 0.05) is 37.2 Å². The fourth-order valence-corrected chi connectivity index (χ4v) is 7.64. The Morgan fingerprint density at radius 1 is 0.511 bits per heavy atom. The molecule has 4 aromatic heterocycles. The minimum absolute atomic E-state index is 0.0129. The Kier molecular flexibility index (Phi) is 3.77. The van der Waals surface area contributed by atoms with E-state index in [0.717, 1.165) is 42.1 Å². The average Bonchev–Trinajstić information content (AvgIpc) is 3.86. The number of hydrogen-bond donors (Lipinski definition) is 0. The van der Waals surface area contributed by atoms with Gasteiger partial charge in [-0.25, -0.2) is 9.97 Å². The third-order valence-corrected chi connectivity index (χ3v) is 9.57. The minimum Gasteiger partial charge on any atom is -0.309 e. The van der Waals surface area contributed by atoms with Crippen LogP contribution in [0.1, 0.15) is 11.0 Å². The molecule has 6 aromatic carbocycles. The molecule has 0 N–H and O–H groups in total. The predicted molar refractivity (Wildman–Crippen MR) is 189 cm³/mol. The largest absolute Gasteiger partial charge is 0.309 e. The summed E-state index contributed by atoms with van der Waals surface area (Å²) in [4.78, 5) is 10.5. The second-order valence-electron chi connectivity index (χ2n) is 10.8. The summed E-state index contributed by atoms with van der Waals surface area (Å²) in [6, 6.07) is 28.2. The van der Waals surface area contributed by atoms with E-state index < -0.39 is 24.2 Å². The first kappa shape index (κ1) is 18.1. The van der Waals surface area contributed by atoms with E-state index >= 15 is 0 Å². The van der Waals surface area contributed by atoms with Crippen LogP contribution in [-0.4, -0.2) is 19.1 Å². The summed E-state index contributed by atoms with van der Waals surface area (Å²) >= 11 is 1.61. The van der Waals surface area contributed by atoms with E-state index in [2.05, 4.69) is 34.9 Å². The van der Waals surface area contributed by atoms with Crippen molar-refractivity contribution >= 4 is 75.3 Å². The van der Waals surface area contributed by atoms with Crippen LogP contribution in [0.2, 0.25) is 0 Å². The van der Waals surface area contributed by atoms with Crippen LogP contribution in [0, 0.1) is 0 Å². The van der Waals surface area contributed by atoms with Gasteiger partial charge in [-0.15, -0.1) is 11.3 Å². The average molecular weight is 601 g/mol. The zero-order chi connectivity index (χ0) is 36.4. The Morgan fingerprint density at radius 3 is 1.80 bits per heavy atom. The number of benzene rings is 6. The van der Waals surface area contributed by atoms with Crippen LogP contribution >= 0.6 is 11.3 Å². The molecule has 210 valence electrons. The van der Waals surface area contributed by atoms with Crippen molar-refractivity contribution in [3.05, 3.63) is 145 Å². The number of thiophene rings is 1. The molecule has 0 fully saturated rings. The van der Waals surface area contributed by atoms with Gasteiger partial charge in [-0.2, -0.15) is 0 Å². The molecule has 0 aliphatic rings. The summed E-state index contributed by atoms with van der Waals surface area (Å²) in [5.74, 6) is 1.01. The number of rotatable bonds is 3. The molecule has 4 nitrogen and oxygen atoms in total. The highest BCUT2D eigenvalue weighted by molar-refractivity contribution is 7.26. The van der Waals surface area contributed by atoms with E-state index in [9.17, 15) is 0 Å². The van der Waals surface area contributed by atoms with Crippen LogP contribution in [0.5, 0.6) is 0 Å². The molecule has 0 aliphatic heterocycles. The Bertz CT molecular complexity index is 3110. The van der Waals surface area contributed by atoms with Gasteiger partial charge in [0.1, 0.15) is 0 Å². The number of aromatic nitrogens is 4. The molecule has 10 aromatic rings. The zero-order valence-corrected chi connectivity index (χ0v) is 24.3. The normalized spacial score (nSPS) is 14.5. The van der Waals surface area contributed by atoms with Crippen LogP contribution in [-0.2, 0) is 0 Å². The van der Waals surface area contributed by atoms with E-state index in [0.29, 0.717) is 22.9 Å². The maximum absolute atomic E-state index is 9.07. The number of nitrogens with zero attached hydrogens (tertiary/aromatic N) is 4. The Morgan fingerprint density at radius 2 is 1.09 bits per heavy atom. The highest BCUT2D eigenvalue weighted by atomic mass is 32.1. The quantitative estimate of drug-likeness (QED) is 0.202. The molecule has 0 spiro atoms. The van der Waals surface area contributed by atoms with Crippen molar-refractivity contribution in [3.8, 4) is 22.9 Å². The molecule has 0 saturated heterocycles. The summed E-state index contributed by atoms with van der Waals surface area (Å²) in [6.07, 6.45) is 0. The summed E-state index contributed by atoms with van der Waals surface area (Å²) in [7, 11) is 0. The van der Waals surface area contributed by atoms with Crippen molar-refractivity contribution in [2.75, 3.05) is 0 Å². The van der Waals surface area contributed by atoms with Gasteiger partial charge in [0.15, 0.2) is 11.6 Å². The van der Waals surface area contributed by atoms with Gasteiger partial charge in [-0.1, -0.05) is 103 Å². The van der Waals surface area contributed by atoms with Crippen LogP contribution in [0.3, 0.4) is 0 Å². The lowest BCUT2D eigenvalue weighted by Gasteiger charge is -2.15. The van der Waals surface area contributed by atoms with Crippen molar-refractivity contribution in [1.29, 1.82) is 0 Å². The van der Waals surface area contributed by atoms with E-state index in [1.165, 1.54) is 4.57 Å². The lowest BCUT2D eigenvalue weighted by atomic mass is 10.1. The fourth-order valence-electron chi connectivity index (χ4n) is 6.52. The lowest BCUT2D eigenvalue weighted by molar-refractivity contribution is 1.07. The molecule has 0 saturated carbocycles. The number of hydrogen-bond acceptors (Lipinski definition) is 3. The third-order valence-electron chi connectivity index (χ3n) is 8.41. The zero-order valence-electron chi connectivity index (χ0n) is 31.4. The summed E-state index contributed by atoms with van der Waals surface area (Å²) in [6.45, 7) is 0. The van der Waals surface area contributed by atoms with E-state index in [4.69, 9.17) is 20.9 Å². The Hall–Kier alpha value is -5.78. The molecule has 0 bridgehead atoms. The van der Waals surface area contributed by atoms with Crippen molar-refractivity contribution in [2.45, 2.75) is 0 Å². The molecular formula is C40H24N4S. The predicted octanol–water partition coefficient (Wildman–Crippen LogP) is 10.7. The first-order valence-corrected chi connectivity index (χ1v) is 15.3. The smallest absolute Gasteiger partial charge is 0.164 e. The maximum Gasteiger partial charge on any atom is 0.164 e. The summed E-state index contributed by atoms with van der Waals surface area (Å²) in [5, 5.41) is 3.13. The second kappa shape index (κ2) is 9.36. The molecule has 0 atom stereocenters. The molecular weight excluding hydrogens is 569 g/mol. The van der Waals surface area contributed by atoms with Gasteiger partial charge >= 0.3 is 0 Å². The molecule has 45 heavy (non-hydrogen) atoms. The molecule has 0 radical (unpaired) electrons. The van der Waals surface area contributed by atoms with Gasteiger partial charge in [0.2, 0.25) is 0 Å². The highest BCUT2D eigenvalue weighted by Crippen LogP contribution is 2.41. The van der Waals surface area contributed by atoms with Gasteiger partial charge in [-0.05, 0) is 42.4 Å². The first-order chi connectivity index (χ1) is 25.7. The highest BCUT2D eigenvalue weighted by Gasteiger charge is 2.22. The summed E-state index contributed by atoms with van der Waals surface area (Å²) < 4.78 is 75.7. The van der Waals surface area contributed by atoms with E-state index in [1.807, 2.05) is 54.6 Å². The van der Waals surface area contributed by atoms with Gasteiger partial charge in [-0.3, -0.25) is 4.57 Å². The topological polar surface area (TPSA) is 35.6 Å². The van der Waals surface area contributed by atoms with E-state index in [-0.39, 0.29) is 46.0 Å². The van der Waals surface area contributed by atoms with Gasteiger partial charge in [0.05, 0.1) is 48.9 Å². The lowest BCUT2D eigenvalue weighted by Crippen LogP contribution is -2.04. The van der Waals surface area contributed by atoms with Crippen LogP contribution in [0.15, 0.2) is 145 Å². The summed E-state index contributed by atoms with van der Waals surface area (Å²) in [5.41, 5.74) is 3.66. The Balaban J connectivity index is 1.38. The second-order valence-corrected chi connectivity index (χ2v) is 11.9. The molecule has 4 heterocycles. The standard InChI is InChI=1S/C40H24N4S/c1-7-19-31-25(13-1)26-14-2-8-20-32(26)43(31)35-23-11-5-17-29(35)39-41-37-30-18-6-12-24-36(30)45-38(37)40(42-39)44-33-21-9-3-15-27(33)28-16-4-10-22-34(28)44/h1-24H/i1D,2D,7D,8D,13D,14D,19D,20D. The van der Waals surface area contributed by atoms with Gasteiger partial charge < -0.3 is 4.57 Å². The van der Waals surface area contributed by atoms with Crippen LogP contribution in [0.4, 0.5) is 0 Å². The van der Waals surface area contributed by atoms with Crippen molar-refractivity contribution in [3.63, 3.8) is 0 Å². The fraction of sp³-hybridized carbons (Fsp3) is 0. The van der Waals surface area contributed by atoms with Crippen molar-refractivity contribution in [1.82, 2.24) is 19.1 Å². The van der Waals surface area contributed by atoms with E-state index in [1.54, 1.807) is 23.5 Å². The van der Waals surface area contributed by atoms with Crippen LogP contribution < -0.4 is 0 Å². The molecule has 0 unspecified atom stereocenters. The van der Waals surface area contributed by atoms with Crippen molar-refractivity contribution < 1.29 is 11.0 Å². The third kappa shape index (κ3) is 3.47. The molecule has 0 aliphatic carbocycles. The molecule has 5 heteroatoms. The Labute approximate surface area is 273 Å². The maximum atomic E-state index is 9.07. The molecule has 0 amide bonds. The number of fused-ring (bicyclic) bond motifs is 9. The van der Waals surface area contributed by atoms with Crippen molar-refractivity contribution in [2.24, 2.45) is 0 Å². The SMILES string of the molecule is [2H]c1c([2H])c([2H])c2c(c1[2H])c1c([2H])c([2H])c([2H])c([2H])c1n2-c1ccccc1-c1nc(-n2c3ccccc3c3ccccc32)c2sc3ccccc3c2n1. The minimum atomic E-state index is -0.490. The van der Waals surface area contributed by atoms with Crippen LogP contribution in [0.25, 0.3) is 86.8 Å². The monoisotopic (exact) mass is 600 g/mol. The number of para-hydroxylation sites is 5. The van der Waals surface area contributed by atoms with Gasteiger partial charge in [0.25, 0.3) is 0 Å².